The molecule has 34 heavy (non-hydrogen) atoms. The van der Waals surface area contributed by atoms with Crippen LogP contribution in [0, 0.1) is 0 Å². The first-order valence-electron chi connectivity index (χ1n) is 11.9. The van der Waals surface area contributed by atoms with E-state index in [2.05, 4.69) is 21.3 Å². The van der Waals surface area contributed by atoms with E-state index in [4.69, 9.17) is 4.74 Å². The molecule has 1 aliphatic carbocycles. The molecule has 182 valence electrons. The van der Waals surface area contributed by atoms with Crippen LogP contribution in [0.1, 0.15) is 59.2 Å². The zero-order chi connectivity index (χ0) is 24.2. The summed E-state index contributed by atoms with van der Waals surface area (Å²) in [5.41, 5.74) is 2.51. The number of hydrogen-bond donors (Lipinski definition) is 4. The second-order valence-electron chi connectivity index (χ2n) is 8.47. The third kappa shape index (κ3) is 8.19. The Bertz CT molecular complexity index is 938. The lowest BCUT2D eigenvalue weighted by atomic mass is 9.95. The molecule has 1 aliphatic rings. The average Bonchev–Trinajstić information content (AvgIpc) is 2.86. The first kappa shape index (κ1) is 25.2. The van der Waals surface area contributed by atoms with Gasteiger partial charge in [0, 0.05) is 48.8 Å². The number of rotatable bonds is 11. The number of nitrogens with one attached hydrogen (secondary N) is 4. The zero-order valence-electron chi connectivity index (χ0n) is 19.7. The summed E-state index contributed by atoms with van der Waals surface area (Å²) < 4.78 is 4.96. The van der Waals surface area contributed by atoms with Crippen molar-refractivity contribution in [2.24, 2.45) is 0 Å². The Morgan fingerprint density at radius 2 is 1.47 bits per heavy atom. The summed E-state index contributed by atoms with van der Waals surface area (Å²) in [5, 5.41) is 11.8. The van der Waals surface area contributed by atoms with Crippen molar-refractivity contribution < 1.29 is 19.1 Å². The molecule has 0 bridgehead atoms. The summed E-state index contributed by atoms with van der Waals surface area (Å²) in [6.45, 7) is 1.22. The number of amides is 3. The van der Waals surface area contributed by atoms with Crippen LogP contribution in [0.4, 0.5) is 11.4 Å². The standard InChI is InChI=1S/C26H34N4O4/c1-34-17-5-16-27-25(32)19-10-14-23(15-11-19)29-24(31)18-28-21-12-8-20(9-13-21)26(33)30-22-6-3-2-4-7-22/h8-15,22,28H,2-7,16-18H2,1H3,(H,27,32)(H,29,31)(H,30,33). The van der Waals surface area contributed by atoms with Gasteiger partial charge in [-0.3, -0.25) is 14.4 Å². The Morgan fingerprint density at radius 1 is 0.853 bits per heavy atom. The summed E-state index contributed by atoms with van der Waals surface area (Å²) in [5.74, 6) is -0.425. The third-order valence-electron chi connectivity index (χ3n) is 5.78. The van der Waals surface area contributed by atoms with Crippen molar-refractivity contribution in [3.63, 3.8) is 0 Å². The van der Waals surface area contributed by atoms with Gasteiger partial charge in [-0.05, 0) is 67.8 Å². The van der Waals surface area contributed by atoms with Gasteiger partial charge in [0.15, 0.2) is 0 Å². The number of benzene rings is 2. The average molecular weight is 467 g/mol. The maximum absolute atomic E-state index is 12.4. The van der Waals surface area contributed by atoms with Crippen LogP contribution >= 0.6 is 0 Å². The van der Waals surface area contributed by atoms with Crippen LogP contribution in [0.2, 0.25) is 0 Å². The number of ether oxygens (including phenoxy) is 1. The van der Waals surface area contributed by atoms with Gasteiger partial charge in [0.25, 0.3) is 11.8 Å². The lowest BCUT2D eigenvalue weighted by molar-refractivity contribution is -0.114. The second-order valence-corrected chi connectivity index (χ2v) is 8.47. The van der Waals surface area contributed by atoms with Crippen molar-refractivity contribution in [2.75, 3.05) is 37.4 Å². The van der Waals surface area contributed by atoms with E-state index in [9.17, 15) is 14.4 Å². The summed E-state index contributed by atoms with van der Waals surface area (Å²) in [6, 6.07) is 14.1. The van der Waals surface area contributed by atoms with Gasteiger partial charge in [-0.2, -0.15) is 0 Å². The van der Waals surface area contributed by atoms with Crippen molar-refractivity contribution in [1.29, 1.82) is 0 Å². The van der Waals surface area contributed by atoms with E-state index < -0.39 is 0 Å². The van der Waals surface area contributed by atoms with Crippen LogP contribution in [0.15, 0.2) is 48.5 Å². The molecule has 0 radical (unpaired) electrons. The fourth-order valence-corrected chi connectivity index (χ4v) is 3.87. The van der Waals surface area contributed by atoms with Crippen LogP contribution < -0.4 is 21.3 Å². The van der Waals surface area contributed by atoms with Crippen LogP contribution in [-0.2, 0) is 9.53 Å². The molecule has 0 aromatic heterocycles. The molecular formula is C26H34N4O4. The summed E-state index contributed by atoms with van der Waals surface area (Å²) in [4.78, 5) is 36.8. The van der Waals surface area contributed by atoms with Gasteiger partial charge >= 0.3 is 0 Å². The number of carbonyl (C=O) groups is 3. The number of carbonyl (C=O) groups excluding carboxylic acids is 3. The van der Waals surface area contributed by atoms with Gasteiger partial charge in [0.05, 0.1) is 6.54 Å². The largest absolute Gasteiger partial charge is 0.385 e. The molecule has 8 nitrogen and oxygen atoms in total. The predicted molar refractivity (Wildman–Crippen MR) is 133 cm³/mol. The van der Waals surface area contributed by atoms with Gasteiger partial charge in [0.1, 0.15) is 0 Å². The Morgan fingerprint density at radius 3 is 2.12 bits per heavy atom. The van der Waals surface area contributed by atoms with Gasteiger partial charge < -0.3 is 26.0 Å². The first-order valence-corrected chi connectivity index (χ1v) is 11.9. The third-order valence-corrected chi connectivity index (χ3v) is 5.78. The van der Waals surface area contributed by atoms with Crippen molar-refractivity contribution in [3.8, 4) is 0 Å². The van der Waals surface area contributed by atoms with Crippen LogP contribution in [0.25, 0.3) is 0 Å². The molecule has 0 heterocycles. The van der Waals surface area contributed by atoms with E-state index in [1.54, 1.807) is 55.6 Å². The normalized spacial score (nSPS) is 13.7. The summed E-state index contributed by atoms with van der Waals surface area (Å²) >= 11 is 0. The molecule has 2 aromatic rings. The van der Waals surface area contributed by atoms with Crippen molar-refractivity contribution in [2.45, 2.75) is 44.6 Å². The molecule has 4 N–H and O–H groups in total. The Labute approximate surface area is 200 Å². The van der Waals surface area contributed by atoms with Gasteiger partial charge in [-0.25, -0.2) is 0 Å². The van der Waals surface area contributed by atoms with Crippen molar-refractivity contribution in [1.82, 2.24) is 10.6 Å². The molecule has 0 aliphatic heterocycles. The Kier molecular flexibility index (Phi) is 9.91. The highest BCUT2D eigenvalue weighted by atomic mass is 16.5. The molecule has 1 fully saturated rings. The fraction of sp³-hybridized carbons (Fsp3) is 0.423. The highest BCUT2D eigenvalue weighted by Gasteiger charge is 2.16. The smallest absolute Gasteiger partial charge is 0.251 e. The number of anilines is 2. The van der Waals surface area contributed by atoms with E-state index in [0.717, 1.165) is 24.9 Å². The van der Waals surface area contributed by atoms with Crippen LogP contribution in [-0.4, -0.2) is 50.6 Å². The van der Waals surface area contributed by atoms with E-state index in [1.807, 2.05) is 0 Å². The zero-order valence-corrected chi connectivity index (χ0v) is 19.7. The Balaban J connectivity index is 1.40. The topological polar surface area (TPSA) is 109 Å². The van der Waals surface area contributed by atoms with Gasteiger partial charge in [-0.1, -0.05) is 19.3 Å². The fourth-order valence-electron chi connectivity index (χ4n) is 3.87. The molecule has 0 atom stereocenters. The first-order chi connectivity index (χ1) is 16.5. The van der Waals surface area contributed by atoms with E-state index in [-0.39, 0.29) is 30.3 Å². The van der Waals surface area contributed by atoms with Crippen molar-refractivity contribution >= 4 is 29.1 Å². The molecular weight excluding hydrogens is 432 g/mol. The Hall–Kier alpha value is -3.39. The minimum Gasteiger partial charge on any atom is -0.385 e. The summed E-state index contributed by atoms with van der Waals surface area (Å²) in [6.07, 6.45) is 6.43. The lowest BCUT2D eigenvalue weighted by Gasteiger charge is -2.22. The van der Waals surface area contributed by atoms with E-state index in [0.29, 0.717) is 30.0 Å². The molecule has 0 saturated heterocycles. The molecule has 0 unspecified atom stereocenters. The monoisotopic (exact) mass is 466 g/mol. The predicted octanol–water partition coefficient (Wildman–Crippen LogP) is 3.57. The van der Waals surface area contributed by atoms with E-state index in [1.165, 1.54) is 19.3 Å². The molecule has 2 aromatic carbocycles. The lowest BCUT2D eigenvalue weighted by Crippen LogP contribution is -2.36. The van der Waals surface area contributed by atoms with Gasteiger partial charge in [0.2, 0.25) is 5.91 Å². The minimum atomic E-state index is -0.212. The molecule has 3 amide bonds. The maximum atomic E-state index is 12.4. The van der Waals surface area contributed by atoms with E-state index >= 15 is 0 Å². The molecule has 0 spiro atoms. The van der Waals surface area contributed by atoms with Crippen LogP contribution in [0.5, 0.6) is 0 Å². The second kappa shape index (κ2) is 13.3. The highest BCUT2D eigenvalue weighted by Crippen LogP contribution is 2.18. The molecule has 3 rings (SSSR count). The minimum absolute atomic E-state index is 0.0525. The number of methoxy groups -OCH3 is 1. The molecule has 1 saturated carbocycles. The number of hydrogen-bond acceptors (Lipinski definition) is 5. The van der Waals surface area contributed by atoms with Crippen molar-refractivity contribution in [3.05, 3.63) is 59.7 Å². The van der Waals surface area contributed by atoms with Crippen LogP contribution in [0.3, 0.4) is 0 Å². The quantitative estimate of drug-likeness (QED) is 0.379. The highest BCUT2D eigenvalue weighted by molar-refractivity contribution is 5.97. The molecule has 8 heteroatoms. The SMILES string of the molecule is COCCCNC(=O)c1ccc(NC(=O)CNc2ccc(C(=O)NC3CCCCC3)cc2)cc1. The maximum Gasteiger partial charge on any atom is 0.251 e. The summed E-state index contributed by atoms with van der Waals surface area (Å²) in [7, 11) is 1.62. The van der Waals surface area contributed by atoms with Gasteiger partial charge in [-0.15, -0.1) is 0 Å².